The summed E-state index contributed by atoms with van der Waals surface area (Å²) in [5, 5.41) is 3.02. The van der Waals surface area contributed by atoms with Crippen molar-refractivity contribution in [1.82, 2.24) is 5.32 Å². The highest BCUT2D eigenvalue weighted by Crippen LogP contribution is 2.18. The first kappa shape index (κ1) is 33.4. The van der Waals surface area contributed by atoms with Gasteiger partial charge in [-0.1, -0.05) is 96.5 Å². The van der Waals surface area contributed by atoms with Crippen LogP contribution in [0, 0.1) is 6.92 Å². The lowest BCUT2D eigenvalue weighted by atomic mass is 10.0. The number of carbonyl (C=O) groups excluding carboxylic acids is 1. The Morgan fingerprint density at radius 1 is 0.784 bits per heavy atom. The van der Waals surface area contributed by atoms with Crippen molar-refractivity contribution in [3.05, 3.63) is 59.4 Å². The predicted molar refractivity (Wildman–Crippen MR) is 150 cm³/mol. The zero-order valence-corrected chi connectivity index (χ0v) is 25.9. The summed E-state index contributed by atoms with van der Waals surface area (Å²) in [6.07, 6.45) is 23.0. The SMILES string of the molecule is CCCCCCCCCCCCCCCCOc1ccc(CNC(=O)c2cc[n+](CC)cc2)c(C)c1.[I-]. The van der Waals surface area contributed by atoms with Crippen molar-refractivity contribution in [3.8, 4) is 5.75 Å². The summed E-state index contributed by atoms with van der Waals surface area (Å²) in [5.74, 6) is 0.875. The van der Waals surface area contributed by atoms with Crippen LogP contribution in [-0.4, -0.2) is 12.5 Å². The van der Waals surface area contributed by atoms with E-state index < -0.39 is 0 Å². The third-order valence-corrected chi connectivity index (χ3v) is 7.04. The smallest absolute Gasteiger partial charge is 0.252 e. The van der Waals surface area contributed by atoms with Gasteiger partial charge in [-0.15, -0.1) is 0 Å². The summed E-state index contributed by atoms with van der Waals surface area (Å²) >= 11 is 0. The van der Waals surface area contributed by atoms with Crippen LogP contribution >= 0.6 is 0 Å². The first-order valence-electron chi connectivity index (χ1n) is 14.6. The van der Waals surface area contributed by atoms with Crippen LogP contribution < -0.4 is 38.6 Å². The minimum atomic E-state index is -0.0456. The molecule has 2 aromatic rings. The summed E-state index contributed by atoms with van der Waals surface area (Å²) in [7, 11) is 0. The molecule has 2 rings (SSSR count). The molecule has 0 saturated heterocycles. The number of nitrogens with one attached hydrogen (secondary N) is 1. The zero-order valence-electron chi connectivity index (χ0n) is 23.7. The van der Waals surface area contributed by atoms with Crippen molar-refractivity contribution in [2.24, 2.45) is 0 Å². The average Bonchev–Trinajstić information content (AvgIpc) is 2.90. The number of pyridine rings is 1. The van der Waals surface area contributed by atoms with E-state index in [9.17, 15) is 4.79 Å². The van der Waals surface area contributed by atoms with Gasteiger partial charge in [-0.25, -0.2) is 4.57 Å². The number of halogens is 1. The van der Waals surface area contributed by atoms with Gasteiger partial charge >= 0.3 is 0 Å². The van der Waals surface area contributed by atoms with Gasteiger partial charge in [0.25, 0.3) is 5.91 Å². The Hall–Kier alpha value is -1.63. The van der Waals surface area contributed by atoms with E-state index >= 15 is 0 Å². The molecule has 0 spiro atoms. The highest BCUT2D eigenvalue weighted by Gasteiger charge is 2.09. The van der Waals surface area contributed by atoms with Gasteiger partial charge in [-0.05, 0) is 43.5 Å². The molecule has 208 valence electrons. The van der Waals surface area contributed by atoms with Gasteiger partial charge in [0, 0.05) is 18.7 Å². The maximum atomic E-state index is 12.4. The Kier molecular flexibility index (Phi) is 19.2. The molecular weight excluding hydrogens is 571 g/mol. The monoisotopic (exact) mass is 622 g/mol. The number of nitrogens with zero attached hydrogens (tertiary/aromatic N) is 1. The maximum absolute atomic E-state index is 12.4. The lowest BCUT2D eigenvalue weighted by Crippen LogP contribution is -3.00. The Bertz CT molecular complexity index is 854. The minimum Gasteiger partial charge on any atom is -1.00 e. The standard InChI is InChI=1S/C32H50N2O2.HI/c1-4-6-7-8-9-10-11-12-13-14-15-16-17-18-25-36-31-20-19-30(28(3)26-31)27-33-32(35)29-21-23-34(5-2)24-22-29;/h19-24,26H,4-18,25,27H2,1-3H3;1H. The normalized spacial score (nSPS) is 10.7. The molecule has 0 aliphatic heterocycles. The van der Waals surface area contributed by atoms with E-state index in [-0.39, 0.29) is 29.9 Å². The lowest BCUT2D eigenvalue weighted by molar-refractivity contribution is -0.693. The number of unbranched alkanes of at least 4 members (excludes halogenated alkanes) is 13. The molecule has 0 bridgehead atoms. The fourth-order valence-corrected chi connectivity index (χ4v) is 4.54. The summed E-state index contributed by atoms with van der Waals surface area (Å²) < 4.78 is 8.02. The Morgan fingerprint density at radius 3 is 1.84 bits per heavy atom. The van der Waals surface area contributed by atoms with Crippen LogP contribution in [0.15, 0.2) is 42.7 Å². The van der Waals surface area contributed by atoms with E-state index in [4.69, 9.17) is 4.74 Å². The molecule has 1 amide bonds. The van der Waals surface area contributed by atoms with Crippen molar-refractivity contribution in [1.29, 1.82) is 0 Å². The number of benzene rings is 1. The molecule has 1 aromatic heterocycles. The van der Waals surface area contributed by atoms with Gasteiger partial charge in [0.2, 0.25) is 0 Å². The van der Waals surface area contributed by atoms with Gasteiger partial charge in [-0.3, -0.25) is 4.79 Å². The molecule has 37 heavy (non-hydrogen) atoms. The van der Waals surface area contributed by atoms with Crippen LogP contribution in [0.5, 0.6) is 5.75 Å². The number of amides is 1. The average molecular weight is 623 g/mol. The molecule has 0 radical (unpaired) electrons. The van der Waals surface area contributed by atoms with E-state index in [0.29, 0.717) is 12.1 Å². The number of aryl methyl sites for hydroxylation is 2. The molecule has 0 saturated carbocycles. The lowest BCUT2D eigenvalue weighted by Gasteiger charge is -2.11. The second-order valence-electron chi connectivity index (χ2n) is 10.1. The van der Waals surface area contributed by atoms with E-state index in [1.807, 2.05) is 35.2 Å². The van der Waals surface area contributed by atoms with Gasteiger partial charge in [0.15, 0.2) is 12.4 Å². The highest BCUT2D eigenvalue weighted by atomic mass is 127. The third-order valence-electron chi connectivity index (χ3n) is 7.04. The number of hydrogen-bond acceptors (Lipinski definition) is 2. The first-order chi connectivity index (χ1) is 17.6. The van der Waals surface area contributed by atoms with Gasteiger partial charge in [0.1, 0.15) is 12.3 Å². The highest BCUT2D eigenvalue weighted by molar-refractivity contribution is 5.93. The maximum Gasteiger partial charge on any atom is 0.252 e. The number of ether oxygens (including phenoxy) is 1. The molecule has 4 nitrogen and oxygen atoms in total. The van der Waals surface area contributed by atoms with Gasteiger partial charge in [0.05, 0.1) is 12.2 Å². The summed E-state index contributed by atoms with van der Waals surface area (Å²) in [6.45, 7) is 8.63. The van der Waals surface area contributed by atoms with Gasteiger partial charge < -0.3 is 34.0 Å². The van der Waals surface area contributed by atoms with Crippen LogP contribution in [0.1, 0.15) is 125 Å². The largest absolute Gasteiger partial charge is 1.00 e. The fourth-order valence-electron chi connectivity index (χ4n) is 4.54. The van der Waals surface area contributed by atoms with Crippen LogP contribution in [0.2, 0.25) is 0 Å². The molecule has 1 heterocycles. The van der Waals surface area contributed by atoms with Crippen molar-refractivity contribution in [2.45, 2.75) is 124 Å². The molecule has 0 atom stereocenters. The van der Waals surface area contributed by atoms with Crippen molar-refractivity contribution in [3.63, 3.8) is 0 Å². The second-order valence-corrected chi connectivity index (χ2v) is 10.1. The van der Waals surface area contributed by atoms with Gasteiger partial charge in [-0.2, -0.15) is 0 Å². The number of carbonyl (C=O) groups is 1. The van der Waals surface area contributed by atoms with E-state index in [1.54, 1.807) is 0 Å². The number of rotatable bonds is 20. The molecular formula is C32H51IN2O2. The zero-order chi connectivity index (χ0) is 25.8. The predicted octanol–water partition coefficient (Wildman–Crippen LogP) is 5.10. The summed E-state index contributed by atoms with van der Waals surface area (Å²) in [4.78, 5) is 12.4. The molecule has 0 aliphatic rings. The van der Waals surface area contributed by atoms with Crippen LogP contribution in [-0.2, 0) is 13.1 Å². The first-order valence-corrected chi connectivity index (χ1v) is 14.6. The molecule has 1 N–H and O–H groups in total. The molecule has 0 fully saturated rings. The fraction of sp³-hybridized carbons (Fsp3) is 0.625. The van der Waals surface area contributed by atoms with Crippen LogP contribution in [0.4, 0.5) is 0 Å². The Morgan fingerprint density at radius 2 is 1.32 bits per heavy atom. The van der Waals surface area contributed by atoms with Crippen molar-refractivity contribution in [2.75, 3.05) is 6.61 Å². The third kappa shape index (κ3) is 14.8. The Labute approximate surface area is 244 Å². The Balaban J connectivity index is 0.00000684. The molecule has 0 unspecified atom stereocenters. The van der Waals surface area contributed by atoms with Crippen LogP contribution in [0.3, 0.4) is 0 Å². The molecule has 0 aliphatic carbocycles. The second kappa shape index (κ2) is 21.3. The number of hydrogen-bond donors (Lipinski definition) is 1. The van der Waals surface area contributed by atoms with E-state index in [1.165, 1.54) is 83.5 Å². The minimum absolute atomic E-state index is 0. The van der Waals surface area contributed by atoms with E-state index in [2.05, 4.69) is 38.2 Å². The number of aromatic nitrogens is 1. The van der Waals surface area contributed by atoms with Crippen molar-refractivity contribution >= 4 is 5.91 Å². The molecule has 5 heteroatoms. The molecule has 1 aromatic carbocycles. The van der Waals surface area contributed by atoms with Crippen molar-refractivity contribution < 1.29 is 38.1 Å². The summed E-state index contributed by atoms with van der Waals surface area (Å²) in [6, 6.07) is 9.88. The van der Waals surface area contributed by atoms with E-state index in [0.717, 1.165) is 36.4 Å². The topological polar surface area (TPSA) is 42.2 Å². The van der Waals surface area contributed by atoms with Crippen LogP contribution in [0.25, 0.3) is 0 Å². The quantitative estimate of drug-likeness (QED) is 0.127. The summed E-state index contributed by atoms with van der Waals surface area (Å²) in [5.41, 5.74) is 2.95.